The van der Waals surface area contributed by atoms with E-state index >= 15 is 0 Å². The van der Waals surface area contributed by atoms with Gasteiger partial charge in [-0.1, -0.05) is 48.5 Å². The summed E-state index contributed by atoms with van der Waals surface area (Å²) in [5.74, 6) is 1.01. The van der Waals surface area contributed by atoms with Crippen molar-refractivity contribution in [1.82, 2.24) is 4.98 Å². The van der Waals surface area contributed by atoms with E-state index < -0.39 is 0 Å². The van der Waals surface area contributed by atoms with Crippen molar-refractivity contribution in [3.8, 4) is 0 Å². The molecule has 0 unspecified atom stereocenters. The lowest BCUT2D eigenvalue weighted by Crippen LogP contribution is -1.80. The van der Waals surface area contributed by atoms with E-state index in [-0.39, 0.29) is 0 Å². The summed E-state index contributed by atoms with van der Waals surface area (Å²) in [4.78, 5) is 3.50. The van der Waals surface area contributed by atoms with Crippen molar-refractivity contribution in [2.24, 2.45) is 0 Å². The SMILES string of the molecule is Cc1c(SCc2ccccc2)[nH]c2ccccc12. The second kappa shape index (κ2) is 4.91. The minimum atomic E-state index is 1.01. The Morgan fingerprint density at radius 3 is 2.44 bits per heavy atom. The Balaban J connectivity index is 1.85. The van der Waals surface area contributed by atoms with E-state index in [9.17, 15) is 0 Å². The number of fused-ring (bicyclic) bond motifs is 1. The van der Waals surface area contributed by atoms with E-state index in [4.69, 9.17) is 0 Å². The van der Waals surface area contributed by atoms with Crippen molar-refractivity contribution in [3.63, 3.8) is 0 Å². The lowest BCUT2D eigenvalue weighted by Gasteiger charge is -2.00. The molecule has 0 fully saturated rings. The minimum absolute atomic E-state index is 1.01. The van der Waals surface area contributed by atoms with E-state index in [1.54, 1.807) is 0 Å². The number of benzene rings is 2. The van der Waals surface area contributed by atoms with Gasteiger partial charge in [-0.2, -0.15) is 0 Å². The highest BCUT2D eigenvalue weighted by Gasteiger charge is 2.07. The van der Waals surface area contributed by atoms with Gasteiger partial charge in [0.1, 0.15) is 0 Å². The Hall–Kier alpha value is -1.67. The highest BCUT2D eigenvalue weighted by atomic mass is 32.2. The molecule has 0 saturated heterocycles. The second-order valence-electron chi connectivity index (χ2n) is 4.40. The fourth-order valence-electron chi connectivity index (χ4n) is 2.13. The second-order valence-corrected chi connectivity index (χ2v) is 5.38. The number of nitrogens with one attached hydrogen (secondary N) is 1. The van der Waals surface area contributed by atoms with Crippen molar-refractivity contribution in [1.29, 1.82) is 0 Å². The molecule has 0 saturated carbocycles. The van der Waals surface area contributed by atoms with E-state index in [2.05, 4.69) is 66.5 Å². The molecule has 1 N–H and O–H groups in total. The van der Waals surface area contributed by atoms with Gasteiger partial charge >= 0.3 is 0 Å². The summed E-state index contributed by atoms with van der Waals surface area (Å²) >= 11 is 1.87. The van der Waals surface area contributed by atoms with Crippen molar-refractivity contribution in [3.05, 3.63) is 65.7 Å². The van der Waals surface area contributed by atoms with Crippen molar-refractivity contribution in [2.45, 2.75) is 17.7 Å². The molecule has 3 rings (SSSR count). The van der Waals surface area contributed by atoms with Gasteiger partial charge in [0.15, 0.2) is 0 Å². The number of para-hydroxylation sites is 1. The quantitative estimate of drug-likeness (QED) is 0.665. The third-order valence-electron chi connectivity index (χ3n) is 3.15. The van der Waals surface area contributed by atoms with Gasteiger partial charge < -0.3 is 4.98 Å². The van der Waals surface area contributed by atoms with Gasteiger partial charge in [-0.3, -0.25) is 0 Å². The molecule has 18 heavy (non-hydrogen) atoms. The van der Waals surface area contributed by atoms with Gasteiger partial charge in [0.05, 0.1) is 5.03 Å². The summed E-state index contributed by atoms with van der Waals surface area (Å²) in [6, 6.07) is 19.1. The third-order valence-corrected chi connectivity index (χ3v) is 4.32. The first-order chi connectivity index (χ1) is 8.84. The monoisotopic (exact) mass is 253 g/mol. The number of thioether (sulfide) groups is 1. The van der Waals surface area contributed by atoms with Gasteiger partial charge in [0.2, 0.25) is 0 Å². The molecule has 0 atom stereocenters. The number of hydrogen-bond acceptors (Lipinski definition) is 1. The van der Waals surface area contributed by atoms with Crippen LogP contribution >= 0.6 is 11.8 Å². The van der Waals surface area contributed by atoms with Gasteiger partial charge in [-0.15, -0.1) is 11.8 Å². The van der Waals surface area contributed by atoms with E-state index in [0.717, 1.165) is 5.75 Å². The van der Waals surface area contributed by atoms with Crippen LogP contribution in [-0.2, 0) is 5.75 Å². The van der Waals surface area contributed by atoms with Crippen molar-refractivity contribution in [2.75, 3.05) is 0 Å². The van der Waals surface area contributed by atoms with Crippen LogP contribution in [0.3, 0.4) is 0 Å². The van der Waals surface area contributed by atoms with Crippen LogP contribution in [0.1, 0.15) is 11.1 Å². The number of H-pyrrole nitrogens is 1. The average Bonchev–Trinajstić information content (AvgIpc) is 2.75. The molecule has 0 aliphatic rings. The molecule has 1 aromatic heterocycles. The molecule has 2 aromatic carbocycles. The average molecular weight is 253 g/mol. The van der Waals surface area contributed by atoms with E-state index in [1.807, 2.05) is 11.8 Å². The highest BCUT2D eigenvalue weighted by molar-refractivity contribution is 7.98. The van der Waals surface area contributed by atoms with E-state index in [1.165, 1.54) is 27.1 Å². The molecule has 0 aliphatic carbocycles. The molecule has 1 heterocycles. The Labute approximate surface area is 111 Å². The molecule has 0 aliphatic heterocycles. The van der Waals surface area contributed by atoms with Gasteiger partial charge in [-0.25, -0.2) is 0 Å². The summed E-state index contributed by atoms with van der Waals surface area (Å²) in [7, 11) is 0. The minimum Gasteiger partial charge on any atom is -0.349 e. The van der Waals surface area contributed by atoms with Crippen molar-refractivity contribution < 1.29 is 0 Å². The zero-order valence-corrected chi connectivity index (χ0v) is 11.1. The fourth-order valence-corrected chi connectivity index (χ4v) is 3.14. The molecular formula is C16H15NS. The lowest BCUT2D eigenvalue weighted by atomic mass is 10.2. The van der Waals surface area contributed by atoms with Gasteiger partial charge in [0, 0.05) is 16.7 Å². The topological polar surface area (TPSA) is 15.8 Å². The maximum atomic E-state index is 3.50. The first-order valence-electron chi connectivity index (χ1n) is 6.08. The zero-order chi connectivity index (χ0) is 12.4. The molecule has 90 valence electrons. The molecular weight excluding hydrogens is 238 g/mol. The number of aromatic nitrogens is 1. The van der Waals surface area contributed by atoms with Gasteiger partial charge in [0.25, 0.3) is 0 Å². The number of aryl methyl sites for hydroxylation is 1. The summed E-state index contributed by atoms with van der Waals surface area (Å²) in [5.41, 5.74) is 3.94. The van der Waals surface area contributed by atoms with Crippen LogP contribution in [0.2, 0.25) is 0 Å². The first-order valence-corrected chi connectivity index (χ1v) is 7.07. The first kappa shape index (κ1) is 11.4. The van der Waals surface area contributed by atoms with Crippen LogP contribution in [-0.4, -0.2) is 4.98 Å². The smallest absolute Gasteiger partial charge is 0.0765 e. The molecule has 1 nitrogen and oxygen atoms in total. The number of rotatable bonds is 3. The predicted molar refractivity (Wildman–Crippen MR) is 79.0 cm³/mol. The Morgan fingerprint density at radius 1 is 0.944 bits per heavy atom. The maximum absolute atomic E-state index is 3.50. The van der Waals surface area contributed by atoms with Crippen LogP contribution < -0.4 is 0 Å². The van der Waals surface area contributed by atoms with Gasteiger partial charge in [-0.05, 0) is 24.1 Å². The van der Waals surface area contributed by atoms with E-state index in [0.29, 0.717) is 0 Å². The molecule has 0 radical (unpaired) electrons. The Bertz CT molecular complexity index is 655. The van der Waals surface area contributed by atoms with Crippen LogP contribution in [0.4, 0.5) is 0 Å². The lowest BCUT2D eigenvalue weighted by molar-refractivity contribution is 1.18. The fraction of sp³-hybridized carbons (Fsp3) is 0.125. The Morgan fingerprint density at radius 2 is 1.67 bits per heavy atom. The number of aromatic amines is 1. The maximum Gasteiger partial charge on any atom is 0.0765 e. The summed E-state index contributed by atoms with van der Waals surface area (Å²) in [6.07, 6.45) is 0. The van der Waals surface area contributed by atoms with Crippen LogP contribution in [0.25, 0.3) is 10.9 Å². The highest BCUT2D eigenvalue weighted by Crippen LogP contribution is 2.30. The molecule has 2 heteroatoms. The standard InChI is InChI=1S/C16H15NS/c1-12-14-9-5-6-10-15(14)17-16(12)18-11-13-7-3-2-4-8-13/h2-10,17H,11H2,1H3. The largest absolute Gasteiger partial charge is 0.349 e. The summed E-state index contributed by atoms with van der Waals surface area (Å²) in [5, 5.41) is 2.60. The number of hydrogen-bond donors (Lipinski definition) is 1. The Kier molecular flexibility index (Phi) is 3.11. The molecule has 0 bridgehead atoms. The van der Waals surface area contributed by atoms with Crippen LogP contribution in [0, 0.1) is 6.92 Å². The predicted octanol–water partition coefficient (Wildman–Crippen LogP) is 4.77. The summed E-state index contributed by atoms with van der Waals surface area (Å²) in [6.45, 7) is 2.19. The molecule has 0 spiro atoms. The molecule has 3 aromatic rings. The van der Waals surface area contributed by atoms with Crippen LogP contribution in [0.15, 0.2) is 59.6 Å². The van der Waals surface area contributed by atoms with Crippen molar-refractivity contribution >= 4 is 22.7 Å². The normalized spacial score (nSPS) is 10.9. The molecule has 0 amide bonds. The third kappa shape index (κ3) is 2.16. The van der Waals surface area contributed by atoms with Crippen LogP contribution in [0.5, 0.6) is 0 Å². The summed E-state index contributed by atoms with van der Waals surface area (Å²) < 4.78 is 0. The zero-order valence-electron chi connectivity index (χ0n) is 10.3.